The van der Waals surface area contributed by atoms with Crippen LogP contribution in [0.4, 0.5) is 10.5 Å². The van der Waals surface area contributed by atoms with Crippen molar-refractivity contribution in [1.82, 2.24) is 16.0 Å². The Bertz CT molecular complexity index is 755. The Hall–Kier alpha value is -2.65. The van der Waals surface area contributed by atoms with Gasteiger partial charge in [-0.2, -0.15) is 0 Å². The maximum atomic E-state index is 12.0. The van der Waals surface area contributed by atoms with Crippen LogP contribution in [0.2, 0.25) is 0 Å². The number of carbonyl (C=O) groups is 4. The van der Waals surface area contributed by atoms with E-state index in [1.165, 1.54) is 0 Å². The van der Waals surface area contributed by atoms with Crippen LogP contribution in [-0.2, 0) is 19.9 Å². The Morgan fingerprint density at radius 3 is 2.48 bits per heavy atom. The fraction of sp³-hybridized carbons (Fsp3) is 0.412. The van der Waals surface area contributed by atoms with Crippen LogP contribution in [0.3, 0.4) is 0 Å². The van der Waals surface area contributed by atoms with Crippen molar-refractivity contribution in [2.75, 3.05) is 11.9 Å². The monoisotopic (exact) mass is 397 g/mol. The Kier molecular flexibility index (Phi) is 7.32. The van der Waals surface area contributed by atoms with Crippen LogP contribution < -0.4 is 27.0 Å². The van der Waals surface area contributed by atoms with Crippen LogP contribution in [0.5, 0.6) is 0 Å². The van der Waals surface area contributed by atoms with Gasteiger partial charge in [-0.25, -0.2) is 4.79 Å². The fourth-order valence-electron chi connectivity index (χ4n) is 2.45. The second kappa shape index (κ2) is 8.83. The second-order valence-corrected chi connectivity index (χ2v) is 6.65. The maximum Gasteiger partial charge on any atom is 0.322 e. The molecule has 9 nitrogen and oxygen atoms in total. The van der Waals surface area contributed by atoms with E-state index >= 15 is 0 Å². The molecule has 1 heterocycles. The summed E-state index contributed by atoms with van der Waals surface area (Å²) in [5.41, 5.74) is 5.45. The van der Waals surface area contributed by atoms with Crippen LogP contribution in [0, 0.1) is 5.92 Å². The number of hydrogen-bond acceptors (Lipinski definition) is 5. The molecule has 0 aromatic heterocycles. The molecule has 27 heavy (non-hydrogen) atoms. The van der Waals surface area contributed by atoms with E-state index in [0.29, 0.717) is 11.3 Å². The number of halogens is 1. The lowest BCUT2D eigenvalue weighted by atomic mass is 9.92. The molecule has 0 aliphatic carbocycles. The first-order valence-corrected chi connectivity index (χ1v) is 8.21. The third kappa shape index (κ3) is 5.18. The minimum atomic E-state index is -1.21. The third-order valence-electron chi connectivity index (χ3n) is 4.21. The quantitative estimate of drug-likeness (QED) is 0.436. The van der Waals surface area contributed by atoms with Gasteiger partial charge in [-0.1, -0.05) is 26.0 Å². The SMILES string of the molecule is CC(C)[C@H](N)C(=O)NCC(=O)Nc1cccc(C2(C)NC(=O)NC2=O)c1.Cl. The molecular formula is C17H24ClN5O4. The zero-order valence-electron chi connectivity index (χ0n) is 15.3. The van der Waals surface area contributed by atoms with Gasteiger partial charge in [0.2, 0.25) is 11.8 Å². The number of rotatable bonds is 6. The molecule has 0 radical (unpaired) electrons. The lowest BCUT2D eigenvalue weighted by Crippen LogP contribution is -2.46. The topological polar surface area (TPSA) is 142 Å². The average molecular weight is 398 g/mol. The second-order valence-electron chi connectivity index (χ2n) is 6.65. The van der Waals surface area contributed by atoms with E-state index in [2.05, 4.69) is 21.3 Å². The summed E-state index contributed by atoms with van der Waals surface area (Å²) in [4.78, 5) is 47.2. The summed E-state index contributed by atoms with van der Waals surface area (Å²) in [6.07, 6.45) is 0. The summed E-state index contributed by atoms with van der Waals surface area (Å²) in [7, 11) is 0. The minimum absolute atomic E-state index is 0. The van der Waals surface area contributed by atoms with Gasteiger partial charge < -0.3 is 21.7 Å². The van der Waals surface area contributed by atoms with Gasteiger partial charge in [0, 0.05) is 5.69 Å². The number of nitrogens with two attached hydrogens (primary N) is 1. The van der Waals surface area contributed by atoms with E-state index in [4.69, 9.17) is 5.73 Å². The summed E-state index contributed by atoms with van der Waals surface area (Å²) in [5.74, 6) is -1.34. The largest absolute Gasteiger partial charge is 0.346 e. The zero-order chi connectivity index (χ0) is 19.5. The molecule has 5 amide bonds. The van der Waals surface area contributed by atoms with Crippen LogP contribution in [0.1, 0.15) is 26.3 Å². The van der Waals surface area contributed by atoms with E-state index in [-0.39, 0.29) is 24.9 Å². The molecule has 1 unspecified atom stereocenters. The Morgan fingerprint density at radius 1 is 1.26 bits per heavy atom. The molecule has 0 spiro atoms. The van der Waals surface area contributed by atoms with E-state index in [1.54, 1.807) is 31.2 Å². The Balaban J connectivity index is 0.00000364. The lowest BCUT2D eigenvalue weighted by Gasteiger charge is -2.21. The normalized spacial score (nSPS) is 19.6. The zero-order valence-corrected chi connectivity index (χ0v) is 16.1. The van der Waals surface area contributed by atoms with Gasteiger partial charge >= 0.3 is 6.03 Å². The number of benzene rings is 1. The Labute approximate surface area is 163 Å². The first kappa shape index (κ1) is 22.4. The average Bonchev–Trinajstić information content (AvgIpc) is 2.85. The highest BCUT2D eigenvalue weighted by molar-refractivity contribution is 6.07. The van der Waals surface area contributed by atoms with Crippen LogP contribution in [0.15, 0.2) is 24.3 Å². The molecule has 148 valence electrons. The number of urea groups is 1. The van der Waals surface area contributed by atoms with E-state index in [0.717, 1.165) is 0 Å². The van der Waals surface area contributed by atoms with Gasteiger partial charge in [0.15, 0.2) is 0 Å². The number of anilines is 1. The molecule has 0 saturated carbocycles. The van der Waals surface area contributed by atoms with Gasteiger partial charge in [0.1, 0.15) is 5.54 Å². The molecule has 1 aromatic rings. The molecule has 10 heteroatoms. The van der Waals surface area contributed by atoms with Gasteiger partial charge in [-0.15, -0.1) is 12.4 Å². The lowest BCUT2D eigenvalue weighted by molar-refractivity contribution is -0.125. The molecule has 1 aliphatic rings. The minimum Gasteiger partial charge on any atom is -0.346 e. The standard InChI is InChI=1S/C17H23N5O4.ClH/c1-9(2)13(18)14(24)19-8-12(23)20-11-6-4-5-10(7-11)17(3)15(25)21-16(26)22-17;/h4-7,9,13H,8,18H2,1-3H3,(H,19,24)(H,20,23)(H2,21,22,25,26);1H/t13-,17?;/m0./s1. The molecule has 2 atom stereocenters. The first-order chi connectivity index (χ1) is 12.1. The predicted molar refractivity (Wildman–Crippen MR) is 102 cm³/mol. The van der Waals surface area contributed by atoms with E-state index in [1.807, 2.05) is 13.8 Å². The highest BCUT2D eigenvalue weighted by Gasteiger charge is 2.43. The smallest absolute Gasteiger partial charge is 0.322 e. The fourth-order valence-corrected chi connectivity index (χ4v) is 2.45. The molecular weight excluding hydrogens is 374 g/mol. The summed E-state index contributed by atoms with van der Waals surface area (Å²) < 4.78 is 0. The summed E-state index contributed by atoms with van der Waals surface area (Å²) in [5, 5.41) is 9.85. The van der Waals surface area contributed by atoms with Gasteiger partial charge in [-0.05, 0) is 30.5 Å². The molecule has 1 fully saturated rings. The van der Waals surface area contributed by atoms with E-state index in [9.17, 15) is 19.2 Å². The Morgan fingerprint density at radius 2 is 1.93 bits per heavy atom. The van der Waals surface area contributed by atoms with Crippen molar-refractivity contribution in [3.8, 4) is 0 Å². The first-order valence-electron chi connectivity index (χ1n) is 8.21. The van der Waals surface area contributed by atoms with Crippen LogP contribution in [0.25, 0.3) is 0 Å². The number of imide groups is 1. The van der Waals surface area contributed by atoms with Crippen LogP contribution >= 0.6 is 12.4 Å². The maximum absolute atomic E-state index is 12.0. The molecule has 1 aliphatic heterocycles. The molecule has 0 bridgehead atoms. The molecule has 2 rings (SSSR count). The number of nitrogens with one attached hydrogen (secondary N) is 4. The third-order valence-corrected chi connectivity index (χ3v) is 4.21. The van der Waals surface area contributed by atoms with Crippen molar-refractivity contribution in [3.63, 3.8) is 0 Å². The van der Waals surface area contributed by atoms with Crippen molar-refractivity contribution < 1.29 is 19.2 Å². The summed E-state index contributed by atoms with van der Waals surface area (Å²) in [6, 6.07) is 5.30. The summed E-state index contributed by atoms with van der Waals surface area (Å²) >= 11 is 0. The number of amides is 5. The van der Waals surface area contributed by atoms with Crippen molar-refractivity contribution in [1.29, 1.82) is 0 Å². The van der Waals surface area contributed by atoms with Gasteiger partial charge in [0.25, 0.3) is 5.91 Å². The highest BCUT2D eigenvalue weighted by atomic mass is 35.5. The van der Waals surface area contributed by atoms with Crippen molar-refractivity contribution >= 4 is 41.8 Å². The number of hydrogen-bond donors (Lipinski definition) is 5. The molecule has 1 saturated heterocycles. The molecule has 6 N–H and O–H groups in total. The van der Waals surface area contributed by atoms with Gasteiger partial charge in [0.05, 0.1) is 12.6 Å². The van der Waals surface area contributed by atoms with Crippen molar-refractivity contribution in [2.45, 2.75) is 32.4 Å². The van der Waals surface area contributed by atoms with Gasteiger partial charge in [-0.3, -0.25) is 19.7 Å². The number of carbonyl (C=O) groups excluding carboxylic acids is 4. The summed E-state index contributed by atoms with van der Waals surface area (Å²) in [6.45, 7) is 4.97. The molecule has 1 aromatic carbocycles. The van der Waals surface area contributed by atoms with Crippen LogP contribution in [-0.4, -0.2) is 36.3 Å². The highest BCUT2D eigenvalue weighted by Crippen LogP contribution is 2.26. The van der Waals surface area contributed by atoms with E-state index < -0.39 is 35.3 Å². The predicted octanol–water partition coefficient (Wildman–Crippen LogP) is 0.201. The van der Waals surface area contributed by atoms with Crippen molar-refractivity contribution in [3.05, 3.63) is 29.8 Å². The van der Waals surface area contributed by atoms with Crippen molar-refractivity contribution in [2.24, 2.45) is 11.7 Å².